The zero-order chi connectivity index (χ0) is 15.3. The van der Waals surface area contributed by atoms with Gasteiger partial charge >= 0.3 is 6.09 Å². The second-order valence-electron chi connectivity index (χ2n) is 6.31. The van der Waals surface area contributed by atoms with E-state index in [-0.39, 0.29) is 17.9 Å². The molecule has 6 nitrogen and oxygen atoms in total. The standard InChI is InChI=1S/C14H25N3O3/c1-14(2,3)20-13(19)17-8-6-7-11(9-17)12(18)15-10-16(4)5/h10-11H,6-9H2,1-5H3/t11-/m0/s1. The van der Waals surface area contributed by atoms with E-state index < -0.39 is 5.60 Å². The van der Waals surface area contributed by atoms with E-state index in [9.17, 15) is 9.59 Å². The highest BCUT2D eigenvalue weighted by Gasteiger charge is 2.30. The first-order valence-electron chi connectivity index (χ1n) is 6.91. The Morgan fingerprint density at radius 3 is 2.55 bits per heavy atom. The summed E-state index contributed by atoms with van der Waals surface area (Å²) in [5.74, 6) is -0.403. The molecule has 0 saturated carbocycles. The zero-order valence-corrected chi connectivity index (χ0v) is 13.0. The largest absolute Gasteiger partial charge is 0.444 e. The summed E-state index contributed by atoms with van der Waals surface area (Å²) in [5, 5.41) is 0. The number of likely N-dealkylation sites (tertiary alicyclic amines) is 1. The van der Waals surface area contributed by atoms with Gasteiger partial charge in [-0.05, 0) is 33.6 Å². The number of rotatable bonds is 2. The smallest absolute Gasteiger partial charge is 0.410 e. The molecule has 1 atom stereocenters. The van der Waals surface area contributed by atoms with Gasteiger partial charge in [-0.2, -0.15) is 0 Å². The third-order valence-corrected chi connectivity index (χ3v) is 2.84. The van der Waals surface area contributed by atoms with E-state index in [4.69, 9.17) is 4.74 Å². The van der Waals surface area contributed by atoms with Crippen molar-refractivity contribution in [1.29, 1.82) is 0 Å². The molecule has 1 heterocycles. The minimum absolute atomic E-state index is 0.174. The number of hydrogen-bond acceptors (Lipinski definition) is 3. The van der Waals surface area contributed by atoms with E-state index in [1.807, 2.05) is 34.9 Å². The summed E-state index contributed by atoms with van der Waals surface area (Å²) >= 11 is 0. The van der Waals surface area contributed by atoms with Crippen LogP contribution >= 0.6 is 0 Å². The molecule has 1 aliphatic rings. The minimum atomic E-state index is -0.517. The third-order valence-electron chi connectivity index (χ3n) is 2.84. The van der Waals surface area contributed by atoms with E-state index in [1.54, 1.807) is 9.80 Å². The van der Waals surface area contributed by atoms with Gasteiger partial charge in [0.1, 0.15) is 5.60 Å². The van der Waals surface area contributed by atoms with Crippen molar-refractivity contribution in [2.75, 3.05) is 27.2 Å². The molecule has 0 bridgehead atoms. The summed E-state index contributed by atoms with van der Waals surface area (Å²) in [6.45, 7) is 6.52. The predicted molar refractivity (Wildman–Crippen MR) is 77.7 cm³/mol. The lowest BCUT2D eigenvalue weighted by Gasteiger charge is -2.32. The molecule has 0 N–H and O–H groups in total. The molecule has 0 unspecified atom stereocenters. The Balaban J connectivity index is 2.58. The highest BCUT2D eigenvalue weighted by Crippen LogP contribution is 2.20. The number of carbonyl (C=O) groups is 2. The van der Waals surface area contributed by atoms with Crippen LogP contribution in [0.25, 0.3) is 0 Å². The fraction of sp³-hybridized carbons (Fsp3) is 0.786. The van der Waals surface area contributed by atoms with Crippen LogP contribution < -0.4 is 0 Å². The van der Waals surface area contributed by atoms with Gasteiger partial charge in [-0.25, -0.2) is 9.79 Å². The molecule has 1 rings (SSSR count). The van der Waals surface area contributed by atoms with Crippen LogP contribution in [0.1, 0.15) is 33.6 Å². The first kappa shape index (κ1) is 16.5. The topological polar surface area (TPSA) is 62.2 Å². The van der Waals surface area contributed by atoms with Crippen LogP contribution in [0.4, 0.5) is 4.79 Å². The van der Waals surface area contributed by atoms with E-state index in [0.29, 0.717) is 13.1 Å². The molecule has 0 aromatic rings. The monoisotopic (exact) mass is 283 g/mol. The van der Waals surface area contributed by atoms with Crippen molar-refractivity contribution < 1.29 is 14.3 Å². The summed E-state index contributed by atoms with van der Waals surface area (Å²) in [5.41, 5.74) is -0.517. The Kier molecular flexibility index (Phi) is 5.53. The van der Waals surface area contributed by atoms with E-state index in [1.165, 1.54) is 6.34 Å². The van der Waals surface area contributed by atoms with Crippen molar-refractivity contribution in [3.8, 4) is 0 Å². The molecule has 0 spiro atoms. The SMILES string of the molecule is CN(C)C=NC(=O)[C@H]1CCCN(C(=O)OC(C)(C)C)C1. The van der Waals surface area contributed by atoms with Crippen molar-refractivity contribution >= 4 is 18.3 Å². The first-order valence-corrected chi connectivity index (χ1v) is 6.91. The number of nitrogens with zero attached hydrogens (tertiary/aromatic N) is 3. The van der Waals surface area contributed by atoms with Gasteiger partial charge in [0.25, 0.3) is 5.91 Å². The average molecular weight is 283 g/mol. The number of ether oxygens (including phenoxy) is 1. The second-order valence-corrected chi connectivity index (χ2v) is 6.31. The normalized spacial score (nSPS) is 20.1. The van der Waals surface area contributed by atoms with Crippen LogP contribution in [0.15, 0.2) is 4.99 Å². The average Bonchev–Trinajstić information content (AvgIpc) is 2.34. The molecule has 114 valence electrons. The second kappa shape index (κ2) is 6.72. The van der Waals surface area contributed by atoms with Crippen molar-refractivity contribution in [1.82, 2.24) is 9.80 Å². The lowest BCUT2D eigenvalue weighted by atomic mass is 9.98. The van der Waals surface area contributed by atoms with Gasteiger partial charge in [0.15, 0.2) is 0 Å². The number of piperidine rings is 1. The van der Waals surface area contributed by atoms with Gasteiger partial charge in [-0.15, -0.1) is 0 Å². The third kappa shape index (κ3) is 5.59. The molecular formula is C14H25N3O3. The molecule has 1 fully saturated rings. The molecule has 1 saturated heterocycles. The molecule has 0 aromatic carbocycles. The molecule has 0 radical (unpaired) electrons. The molecule has 2 amide bonds. The Labute approximate surface area is 120 Å². The Morgan fingerprint density at radius 1 is 1.35 bits per heavy atom. The van der Waals surface area contributed by atoms with Gasteiger partial charge < -0.3 is 14.5 Å². The first-order chi connectivity index (χ1) is 9.19. The van der Waals surface area contributed by atoms with Crippen LogP contribution in [-0.2, 0) is 9.53 Å². The summed E-state index contributed by atoms with van der Waals surface area (Å²) in [4.78, 5) is 31.2. The summed E-state index contributed by atoms with van der Waals surface area (Å²) in [6, 6.07) is 0. The lowest BCUT2D eigenvalue weighted by molar-refractivity contribution is -0.123. The summed E-state index contributed by atoms with van der Waals surface area (Å²) < 4.78 is 5.33. The molecular weight excluding hydrogens is 258 g/mol. The number of aliphatic imine (C=N–C) groups is 1. The van der Waals surface area contributed by atoms with Crippen LogP contribution in [0, 0.1) is 5.92 Å². The number of carbonyl (C=O) groups excluding carboxylic acids is 2. The van der Waals surface area contributed by atoms with Crippen LogP contribution in [0.5, 0.6) is 0 Å². The van der Waals surface area contributed by atoms with Crippen LogP contribution in [0.3, 0.4) is 0 Å². The Bertz CT molecular complexity index is 386. The fourth-order valence-corrected chi connectivity index (χ4v) is 1.95. The van der Waals surface area contributed by atoms with E-state index >= 15 is 0 Å². The van der Waals surface area contributed by atoms with Gasteiger partial charge in [0.2, 0.25) is 0 Å². The highest BCUT2D eigenvalue weighted by molar-refractivity contribution is 5.86. The highest BCUT2D eigenvalue weighted by atomic mass is 16.6. The fourth-order valence-electron chi connectivity index (χ4n) is 1.95. The van der Waals surface area contributed by atoms with Gasteiger partial charge in [0, 0.05) is 27.2 Å². The van der Waals surface area contributed by atoms with Crippen molar-refractivity contribution in [2.45, 2.75) is 39.2 Å². The summed E-state index contributed by atoms with van der Waals surface area (Å²) in [6.07, 6.45) is 2.71. The van der Waals surface area contributed by atoms with E-state index in [2.05, 4.69) is 4.99 Å². The van der Waals surface area contributed by atoms with Gasteiger partial charge in [-0.3, -0.25) is 4.79 Å². The number of amides is 2. The molecule has 0 aromatic heterocycles. The van der Waals surface area contributed by atoms with Gasteiger partial charge in [-0.1, -0.05) is 0 Å². The van der Waals surface area contributed by atoms with Crippen molar-refractivity contribution in [3.05, 3.63) is 0 Å². The molecule has 0 aliphatic carbocycles. The summed E-state index contributed by atoms with van der Waals surface area (Å²) in [7, 11) is 3.62. The van der Waals surface area contributed by atoms with Gasteiger partial charge in [0.05, 0.1) is 12.3 Å². The lowest BCUT2D eigenvalue weighted by Crippen LogP contribution is -2.44. The van der Waals surface area contributed by atoms with E-state index in [0.717, 1.165) is 12.8 Å². The van der Waals surface area contributed by atoms with Crippen LogP contribution in [0.2, 0.25) is 0 Å². The molecule has 20 heavy (non-hydrogen) atoms. The zero-order valence-electron chi connectivity index (χ0n) is 13.0. The maximum absolute atomic E-state index is 12.0. The molecule has 6 heteroatoms. The number of hydrogen-bond donors (Lipinski definition) is 0. The Hall–Kier alpha value is -1.59. The van der Waals surface area contributed by atoms with Crippen molar-refractivity contribution in [3.63, 3.8) is 0 Å². The predicted octanol–water partition coefficient (Wildman–Crippen LogP) is 1.75. The van der Waals surface area contributed by atoms with Crippen molar-refractivity contribution in [2.24, 2.45) is 10.9 Å². The quantitative estimate of drug-likeness (QED) is 0.572. The molecule has 1 aliphatic heterocycles. The van der Waals surface area contributed by atoms with Crippen LogP contribution in [-0.4, -0.2) is 60.9 Å². The Morgan fingerprint density at radius 2 is 2.00 bits per heavy atom. The maximum Gasteiger partial charge on any atom is 0.410 e. The minimum Gasteiger partial charge on any atom is -0.444 e. The maximum atomic E-state index is 12.0.